The molecule has 1 heterocycles. The van der Waals surface area contributed by atoms with Crippen LogP contribution < -0.4 is 5.32 Å². The molecule has 0 saturated heterocycles. The van der Waals surface area contributed by atoms with Gasteiger partial charge in [0, 0.05) is 18.3 Å². The molecule has 90 valence electrons. The van der Waals surface area contributed by atoms with Crippen molar-refractivity contribution in [3.63, 3.8) is 0 Å². The summed E-state index contributed by atoms with van der Waals surface area (Å²) in [7, 11) is 0. The summed E-state index contributed by atoms with van der Waals surface area (Å²) in [5.41, 5.74) is 0. The van der Waals surface area contributed by atoms with Gasteiger partial charge in [0.05, 0.1) is 0 Å². The van der Waals surface area contributed by atoms with Crippen molar-refractivity contribution in [2.24, 2.45) is 5.92 Å². The first kappa shape index (κ1) is 11.4. The van der Waals surface area contributed by atoms with E-state index in [9.17, 15) is 8.78 Å². The molecular weight excluding hydrogens is 212 g/mol. The summed E-state index contributed by atoms with van der Waals surface area (Å²) < 4.78 is 25.5. The average molecular weight is 229 g/mol. The van der Waals surface area contributed by atoms with Gasteiger partial charge in [0.25, 0.3) is 6.43 Å². The molecule has 1 unspecified atom stereocenters. The van der Waals surface area contributed by atoms with Crippen LogP contribution in [0.5, 0.6) is 0 Å². The second-order valence-corrected chi connectivity index (χ2v) is 4.54. The van der Waals surface area contributed by atoms with E-state index in [1.165, 1.54) is 17.5 Å². The van der Waals surface area contributed by atoms with Gasteiger partial charge >= 0.3 is 0 Å². The van der Waals surface area contributed by atoms with Crippen LogP contribution in [-0.4, -0.2) is 22.2 Å². The molecule has 16 heavy (non-hydrogen) atoms. The molecule has 1 atom stereocenters. The fraction of sp³-hybridized carbons (Fsp3) is 0.727. The van der Waals surface area contributed by atoms with Crippen molar-refractivity contribution >= 4 is 5.82 Å². The van der Waals surface area contributed by atoms with Crippen molar-refractivity contribution in [1.82, 2.24) is 9.78 Å². The number of nitrogens with zero attached hydrogens (tertiary/aromatic N) is 2. The van der Waals surface area contributed by atoms with E-state index >= 15 is 0 Å². The minimum Gasteiger partial charge on any atom is -0.366 e. The van der Waals surface area contributed by atoms with Crippen molar-refractivity contribution in [3.05, 3.63) is 12.3 Å². The molecule has 5 heteroatoms. The maximum absolute atomic E-state index is 12.1. The van der Waals surface area contributed by atoms with E-state index in [-0.39, 0.29) is 6.54 Å². The van der Waals surface area contributed by atoms with E-state index in [4.69, 9.17) is 0 Å². The van der Waals surface area contributed by atoms with E-state index in [1.807, 2.05) is 0 Å². The third-order valence-corrected chi connectivity index (χ3v) is 2.74. The molecule has 3 nitrogen and oxygen atoms in total. The van der Waals surface area contributed by atoms with E-state index in [1.54, 1.807) is 12.3 Å². The number of nitrogens with one attached hydrogen (secondary N) is 1. The van der Waals surface area contributed by atoms with Crippen molar-refractivity contribution in [2.75, 3.05) is 5.32 Å². The van der Waals surface area contributed by atoms with Crippen LogP contribution in [0.1, 0.15) is 26.2 Å². The Hall–Kier alpha value is -1.13. The largest absolute Gasteiger partial charge is 0.366 e. The Kier molecular flexibility index (Phi) is 3.41. The van der Waals surface area contributed by atoms with Crippen LogP contribution in [0.15, 0.2) is 12.3 Å². The predicted octanol–water partition coefficient (Wildman–Crippen LogP) is 2.75. The van der Waals surface area contributed by atoms with Crippen molar-refractivity contribution in [2.45, 2.75) is 45.2 Å². The Labute approximate surface area is 93.8 Å². The Morgan fingerprint density at radius 1 is 1.56 bits per heavy atom. The van der Waals surface area contributed by atoms with Gasteiger partial charge in [-0.3, -0.25) is 4.68 Å². The lowest BCUT2D eigenvalue weighted by atomic mass is 10.1. The number of hydrogen-bond acceptors (Lipinski definition) is 2. The van der Waals surface area contributed by atoms with E-state index in [2.05, 4.69) is 17.3 Å². The molecule has 0 amide bonds. The number of anilines is 1. The highest BCUT2D eigenvalue weighted by molar-refractivity contribution is 5.33. The summed E-state index contributed by atoms with van der Waals surface area (Å²) in [4.78, 5) is 0. The minimum atomic E-state index is -2.35. The molecule has 0 aliphatic heterocycles. The number of alkyl halides is 2. The monoisotopic (exact) mass is 229 g/mol. The molecule has 1 aliphatic rings. The molecule has 2 rings (SSSR count). The van der Waals surface area contributed by atoms with Crippen molar-refractivity contribution in [1.29, 1.82) is 0 Å². The van der Waals surface area contributed by atoms with Crippen molar-refractivity contribution in [3.8, 4) is 0 Å². The first-order valence-corrected chi connectivity index (χ1v) is 5.71. The van der Waals surface area contributed by atoms with Gasteiger partial charge in [-0.15, -0.1) is 0 Å². The molecular formula is C11H17F2N3. The van der Waals surface area contributed by atoms with Gasteiger partial charge in [-0.1, -0.05) is 12.8 Å². The normalized spacial score (nSPS) is 17.8. The van der Waals surface area contributed by atoms with Crippen LogP contribution in [0.4, 0.5) is 14.6 Å². The summed E-state index contributed by atoms with van der Waals surface area (Å²) >= 11 is 0. The standard InChI is InChI=1S/C11H17F2N3/c1-8(6-9-2-3-9)14-11-4-5-16(15-11)7-10(12)13/h4-5,8-10H,2-3,6-7H2,1H3,(H,14,15). The lowest BCUT2D eigenvalue weighted by molar-refractivity contribution is 0.122. The van der Waals surface area contributed by atoms with Gasteiger partial charge in [0.1, 0.15) is 12.4 Å². The fourth-order valence-electron chi connectivity index (χ4n) is 1.85. The summed E-state index contributed by atoms with van der Waals surface area (Å²) in [5, 5.41) is 7.27. The van der Waals surface area contributed by atoms with Gasteiger partial charge in [0.15, 0.2) is 0 Å². The van der Waals surface area contributed by atoms with Gasteiger partial charge < -0.3 is 5.32 Å². The summed E-state index contributed by atoms with van der Waals surface area (Å²) in [6.45, 7) is 1.77. The lowest BCUT2D eigenvalue weighted by Crippen LogP contribution is -2.16. The predicted molar refractivity (Wildman–Crippen MR) is 58.7 cm³/mol. The third kappa shape index (κ3) is 3.47. The summed E-state index contributed by atoms with van der Waals surface area (Å²) in [5.74, 6) is 1.54. The van der Waals surface area contributed by atoms with Gasteiger partial charge in [-0.2, -0.15) is 5.10 Å². The minimum absolute atomic E-state index is 0.335. The highest BCUT2D eigenvalue weighted by atomic mass is 19.3. The molecule has 0 spiro atoms. The molecule has 1 aromatic rings. The molecule has 1 aliphatic carbocycles. The number of hydrogen-bond donors (Lipinski definition) is 1. The zero-order valence-corrected chi connectivity index (χ0v) is 9.37. The van der Waals surface area contributed by atoms with Gasteiger partial charge in [0.2, 0.25) is 0 Å². The number of rotatable bonds is 6. The van der Waals surface area contributed by atoms with Gasteiger partial charge in [-0.25, -0.2) is 8.78 Å². The zero-order valence-electron chi connectivity index (χ0n) is 9.37. The van der Waals surface area contributed by atoms with Crippen LogP contribution in [0, 0.1) is 5.92 Å². The number of aromatic nitrogens is 2. The van der Waals surface area contributed by atoms with Gasteiger partial charge in [-0.05, 0) is 19.3 Å². The van der Waals surface area contributed by atoms with Crippen LogP contribution >= 0.6 is 0 Å². The summed E-state index contributed by atoms with van der Waals surface area (Å²) in [6.07, 6.45) is 3.02. The first-order chi connectivity index (χ1) is 7.63. The lowest BCUT2D eigenvalue weighted by Gasteiger charge is -2.11. The molecule has 0 aromatic carbocycles. The third-order valence-electron chi connectivity index (χ3n) is 2.74. The van der Waals surface area contributed by atoms with Crippen LogP contribution in [0.25, 0.3) is 0 Å². The molecule has 0 bridgehead atoms. The van der Waals surface area contributed by atoms with E-state index < -0.39 is 6.43 Å². The van der Waals surface area contributed by atoms with Crippen molar-refractivity contribution < 1.29 is 8.78 Å². The highest BCUT2D eigenvalue weighted by Gasteiger charge is 2.23. The van der Waals surface area contributed by atoms with E-state index in [0.29, 0.717) is 11.9 Å². The second-order valence-electron chi connectivity index (χ2n) is 4.54. The highest BCUT2D eigenvalue weighted by Crippen LogP contribution is 2.33. The maximum Gasteiger partial charge on any atom is 0.257 e. The SMILES string of the molecule is CC(CC1CC1)Nc1ccn(CC(F)F)n1. The van der Waals surface area contributed by atoms with E-state index in [0.717, 1.165) is 12.3 Å². The number of halogens is 2. The summed E-state index contributed by atoms with van der Waals surface area (Å²) in [6, 6.07) is 2.11. The topological polar surface area (TPSA) is 29.9 Å². The van der Waals surface area contributed by atoms with Crippen LogP contribution in [-0.2, 0) is 6.54 Å². The molecule has 1 aromatic heterocycles. The second kappa shape index (κ2) is 4.80. The Morgan fingerprint density at radius 2 is 2.31 bits per heavy atom. The van der Waals surface area contributed by atoms with Crippen LogP contribution in [0.2, 0.25) is 0 Å². The molecule has 1 fully saturated rings. The van der Waals surface area contributed by atoms with Crippen LogP contribution in [0.3, 0.4) is 0 Å². The quantitative estimate of drug-likeness (QED) is 0.812. The zero-order chi connectivity index (χ0) is 11.5. The maximum atomic E-state index is 12.1. The average Bonchev–Trinajstić information content (AvgIpc) is 2.87. The smallest absolute Gasteiger partial charge is 0.257 e. The molecule has 1 N–H and O–H groups in total. The Bertz CT molecular complexity index is 334. The fourth-order valence-corrected chi connectivity index (χ4v) is 1.85. The molecule has 0 radical (unpaired) electrons. The first-order valence-electron chi connectivity index (χ1n) is 5.71. The Balaban J connectivity index is 1.81. The molecule has 1 saturated carbocycles. The Morgan fingerprint density at radius 3 is 2.94 bits per heavy atom.